The van der Waals surface area contributed by atoms with Crippen molar-refractivity contribution in [1.82, 2.24) is 9.88 Å². The molecule has 1 fully saturated rings. The van der Waals surface area contributed by atoms with E-state index in [1.54, 1.807) is 30.9 Å². The van der Waals surface area contributed by atoms with Crippen molar-refractivity contribution >= 4 is 49.7 Å². The Morgan fingerprint density at radius 1 is 1.06 bits per heavy atom. The molecule has 1 aliphatic heterocycles. The third-order valence-electron chi connectivity index (χ3n) is 5.59. The van der Waals surface area contributed by atoms with Crippen molar-refractivity contribution in [2.45, 2.75) is 25.7 Å². The van der Waals surface area contributed by atoms with E-state index in [4.69, 9.17) is 11.6 Å². The Hall–Kier alpha value is -2.62. The molecule has 1 aromatic heterocycles. The lowest BCUT2D eigenvalue weighted by atomic mass is 10.2. The van der Waals surface area contributed by atoms with Gasteiger partial charge in [-0.2, -0.15) is 0 Å². The second-order valence-electron chi connectivity index (χ2n) is 8.04. The summed E-state index contributed by atoms with van der Waals surface area (Å²) in [5.41, 5.74) is 3.11. The van der Waals surface area contributed by atoms with Crippen LogP contribution in [-0.2, 0) is 10.0 Å². The molecule has 1 N–H and O–H groups in total. The second kappa shape index (κ2) is 9.32. The zero-order valence-corrected chi connectivity index (χ0v) is 21.0. The van der Waals surface area contributed by atoms with Crippen molar-refractivity contribution in [3.8, 4) is 0 Å². The SMILES string of the molecule is Cc1ccc(S(=O)(=O)Nc2nc(C)c(C(=O)N3CCN(c4ccccc4Cl)CC3)s2)c(C)c1. The van der Waals surface area contributed by atoms with Gasteiger partial charge in [-0.3, -0.25) is 9.52 Å². The van der Waals surface area contributed by atoms with E-state index >= 15 is 0 Å². The van der Waals surface area contributed by atoms with Crippen LogP contribution in [0.5, 0.6) is 0 Å². The summed E-state index contributed by atoms with van der Waals surface area (Å²) < 4.78 is 28.3. The Morgan fingerprint density at radius 3 is 2.42 bits per heavy atom. The van der Waals surface area contributed by atoms with Gasteiger partial charge in [-0.1, -0.05) is 52.8 Å². The molecule has 10 heteroatoms. The minimum atomic E-state index is -3.80. The number of carbonyl (C=O) groups is 1. The maximum Gasteiger partial charge on any atom is 0.266 e. The van der Waals surface area contributed by atoms with E-state index in [0.717, 1.165) is 22.6 Å². The molecule has 0 saturated carbocycles. The summed E-state index contributed by atoms with van der Waals surface area (Å²) in [7, 11) is -3.80. The van der Waals surface area contributed by atoms with E-state index in [0.29, 0.717) is 47.3 Å². The van der Waals surface area contributed by atoms with Crippen LogP contribution >= 0.6 is 22.9 Å². The van der Waals surface area contributed by atoms with Crippen LogP contribution in [0.3, 0.4) is 0 Å². The van der Waals surface area contributed by atoms with Gasteiger partial charge in [0.2, 0.25) is 0 Å². The number of nitrogens with zero attached hydrogens (tertiary/aromatic N) is 3. The summed E-state index contributed by atoms with van der Waals surface area (Å²) in [5, 5.41) is 0.877. The van der Waals surface area contributed by atoms with Gasteiger partial charge < -0.3 is 9.80 Å². The monoisotopic (exact) mass is 504 g/mol. The standard InChI is InChI=1S/C23H25ClN4O3S2/c1-15-8-9-20(16(2)14-15)33(30,31)26-23-25-17(3)21(32-23)22(29)28-12-10-27(11-13-28)19-7-5-4-6-18(19)24/h4-9,14H,10-13H2,1-3H3,(H,25,26). The number of sulfonamides is 1. The average molecular weight is 505 g/mol. The predicted octanol–water partition coefficient (Wildman–Crippen LogP) is 4.48. The number of carbonyl (C=O) groups excluding carboxylic acids is 1. The van der Waals surface area contributed by atoms with Crippen molar-refractivity contribution < 1.29 is 13.2 Å². The zero-order valence-electron chi connectivity index (χ0n) is 18.6. The molecule has 0 bridgehead atoms. The summed E-state index contributed by atoms with van der Waals surface area (Å²) in [4.78, 5) is 22.0. The molecule has 7 nitrogen and oxygen atoms in total. The van der Waals surface area contributed by atoms with Crippen LogP contribution in [0.25, 0.3) is 0 Å². The van der Waals surface area contributed by atoms with Crippen LogP contribution in [0.4, 0.5) is 10.8 Å². The zero-order chi connectivity index (χ0) is 23.8. The number of aromatic nitrogens is 1. The number of nitrogens with one attached hydrogen (secondary N) is 1. The third kappa shape index (κ3) is 5.00. The topological polar surface area (TPSA) is 82.6 Å². The van der Waals surface area contributed by atoms with Gasteiger partial charge in [-0.25, -0.2) is 13.4 Å². The van der Waals surface area contributed by atoms with Gasteiger partial charge >= 0.3 is 0 Å². The number of thiazole rings is 1. The molecule has 174 valence electrons. The molecular formula is C23H25ClN4O3S2. The smallest absolute Gasteiger partial charge is 0.266 e. The number of piperazine rings is 1. The molecule has 2 heterocycles. The summed E-state index contributed by atoms with van der Waals surface area (Å²) in [5.74, 6) is -0.138. The van der Waals surface area contributed by atoms with Gasteiger partial charge in [0, 0.05) is 26.2 Å². The minimum Gasteiger partial charge on any atom is -0.367 e. The Labute approximate surface area is 203 Å². The molecule has 0 spiro atoms. The van der Waals surface area contributed by atoms with Gasteiger partial charge in [-0.15, -0.1) is 0 Å². The second-order valence-corrected chi connectivity index (χ2v) is 11.1. The molecule has 0 atom stereocenters. The summed E-state index contributed by atoms with van der Waals surface area (Å²) in [6, 6.07) is 12.8. The summed E-state index contributed by atoms with van der Waals surface area (Å²) in [6.07, 6.45) is 0. The predicted molar refractivity (Wildman–Crippen MR) is 133 cm³/mol. The number of hydrogen-bond acceptors (Lipinski definition) is 6. The number of para-hydroxylation sites is 1. The molecule has 0 radical (unpaired) electrons. The highest BCUT2D eigenvalue weighted by Gasteiger charge is 2.27. The normalized spacial score (nSPS) is 14.4. The number of benzene rings is 2. The molecule has 4 rings (SSSR count). The fourth-order valence-corrected chi connectivity index (χ4v) is 6.56. The Balaban J connectivity index is 1.46. The molecular weight excluding hydrogens is 480 g/mol. The number of halogens is 1. The van der Waals surface area contributed by atoms with E-state index in [2.05, 4.69) is 14.6 Å². The molecule has 3 aromatic rings. The highest BCUT2D eigenvalue weighted by Crippen LogP contribution is 2.29. The molecule has 1 saturated heterocycles. The van der Waals surface area contributed by atoms with Crippen molar-refractivity contribution in [3.05, 3.63) is 69.2 Å². The van der Waals surface area contributed by atoms with Crippen LogP contribution in [-0.4, -0.2) is 50.4 Å². The first-order chi connectivity index (χ1) is 15.7. The van der Waals surface area contributed by atoms with Crippen molar-refractivity contribution in [2.24, 2.45) is 0 Å². The van der Waals surface area contributed by atoms with Crippen LogP contribution in [0.15, 0.2) is 47.4 Å². The van der Waals surface area contributed by atoms with Crippen molar-refractivity contribution in [2.75, 3.05) is 35.8 Å². The lowest BCUT2D eigenvalue weighted by Gasteiger charge is -2.36. The lowest BCUT2D eigenvalue weighted by Crippen LogP contribution is -2.48. The van der Waals surface area contributed by atoms with Crippen LogP contribution in [0.1, 0.15) is 26.5 Å². The first kappa shape index (κ1) is 23.5. The molecule has 0 unspecified atom stereocenters. The quantitative estimate of drug-likeness (QED) is 0.553. The fourth-order valence-electron chi connectivity index (χ4n) is 3.91. The van der Waals surface area contributed by atoms with Crippen LogP contribution in [0.2, 0.25) is 5.02 Å². The van der Waals surface area contributed by atoms with Crippen molar-refractivity contribution in [1.29, 1.82) is 0 Å². The maximum absolute atomic E-state index is 13.1. The van der Waals surface area contributed by atoms with E-state index in [9.17, 15) is 13.2 Å². The number of aryl methyl sites for hydroxylation is 3. The summed E-state index contributed by atoms with van der Waals surface area (Å²) in [6.45, 7) is 7.81. The minimum absolute atomic E-state index is 0.138. The highest BCUT2D eigenvalue weighted by molar-refractivity contribution is 7.93. The van der Waals surface area contributed by atoms with Crippen LogP contribution in [0, 0.1) is 20.8 Å². The summed E-state index contributed by atoms with van der Waals surface area (Å²) >= 11 is 7.37. The maximum atomic E-state index is 13.1. The molecule has 0 aliphatic carbocycles. The molecule has 2 aromatic carbocycles. The number of hydrogen-bond donors (Lipinski definition) is 1. The largest absolute Gasteiger partial charge is 0.367 e. The average Bonchev–Trinajstić information content (AvgIpc) is 3.12. The van der Waals surface area contributed by atoms with Gasteiger partial charge in [0.1, 0.15) is 4.88 Å². The highest BCUT2D eigenvalue weighted by atomic mass is 35.5. The van der Waals surface area contributed by atoms with E-state index < -0.39 is 10.0 Å². The van der Waals surface area contributed by atoms with E-state index in [1.165, 1.54) is 0 Å². The van der Waals surface area contributed by atoms with Gasteiger partial charge in [0.25, 0.3) is 15.9 Å². The van der Waals surface area contributed by atoms with E-state index in [1.807, 2.05) is 37.3 Å². The number of rotatable bonds is 5. The molecule has 33 heavy (non-hydrogen) atoms. The van der Waals surface area contributed by atoms with Gasteiger partial charge in [0.15, 0.2) is 5.13 Å². The first-order valence-corrected chi connectivity index (χ1v) is 13.2. The fraction of sp³-hybridized carbons (Fsp3) is 0.304. The Bertz CT molecular complexity index is 1300. The third-order valence-corrected chi connectivity index (χ3v) is 8.60. The Morgan fingerprint density at radius 2 is 1.76 bits per heavy atom. The van der Waals surface area contributed by atoms with Gasteiger partial charge in [0.05, 0.1) is 21.3 Å². The van der Waals surface area contributed by atoms with Gasteiger partial charge in [-0.05, 0) is 44.5 Å². The van der Waals surface area contributed by atoms with Crippen molar-refractivity contribution in [3.63, 3.8) is 0 Å². The number of anilines is 2. The first-order valence-electron chi connectivity index (χ1n) is 10.5. The number of amides is 1. The van der Waals surface area contributed by atoms with Crippen LogP contribution < -0.4 is 9.62 Å². The molecule has 1 aliphatic rings. The van der Waals surface area contributed by atoms with E-state index in [-0.39, 0.29) is 15.9 Å². The molecule has 1 amide bonds. The Kier molecular flexibility index (Phi) is 6.65. The lowest BCUT2D eigenvalue weighted by molar-refractivity contribution is 0.0750.